The molecule has 4 aromatic rings. The molecular formula is C32H37ClN2O. The van der Waals surface area contributed by atoms with E-state index in [1.54, 1.807) is 0 Å². The number of rotatable bonds is 9. The summed E-state index contributed by atoms with van der Waals surface area (Å²) in [6, 6.07) is 41.4. The fourth-order valence-electron chi connectivity index (χ4n) is 4.32. The Balaban J connectivity index is 0.000000247. The summed E-state index contributed by atoms with van der Waals surface area (Å²) in [5.74, 6) is 0. The maximum absolute atomic E-state index is 10.9. The lowest BCUT2D eigenvalue weighted by molar-refractivity contribution is -0.111. The maximum Gasteiger partial charge on any atom is 0.207 e. The van der Waals surface area contributed by atoms with Crippen LogP contribution >= 0.6 is 12.4 Å². The molecular weight excluding hydrogens is 464 g/mol. The standard InChI is InChI=1S/C16H17NO.C16H19N.ClH/c1-16(17-13-18,15-10-6-3-7-11-15)12-14-8-4-2-5-9-14;1-16(17-2,15-11-7-4-8-12-15)13-14-9-5-3-6-10-14;/h2-11,13H,12H2,1H3,(H,17,18);3-12,17H,13H2,1-2H3;1H. The third kappa shape index (κ3) is 8.08. The summed E-state index contributed by atoms with van der Waals surface area (Å²) in [7, 11) is 2.02. The van der Waals surface area contributed by atoms with E-state index in [1.807, 2.05) is 62.5 Å². The predicted molar refractivity (Wildman–Crippen MR) is 153 cm³/mol. The third-order valence-electron chi connectivity index (χ3n) is 6.55. The van der Waals surface area contributed by atoms with E-state index in [9.17, 15) is 4.79 Å². The molecule has 36 heavy (non-hydrogen) atoms. The van der Waals surface area contributed by atoms with Gasteiger partial charge in [-0.2, -0.15) is 0 Å². The number of carbonyl (C=O) groups excluding carboxylic acids is 1. The van der Waals surface area contributed by atoms with E-state index in [1.165, 1.54) is 16.7 Å². The Morgan fingerprint density at radius 1 is 0.583 bits per heavy atom. The number of halogens is 1. The lowest BCUT2D eigenvalue weighted by atomic mass is 9.86. The van der Waals surface area contributed by atoms with Gasteiger partial charge in [-0.05, 0) is 56.0 Å². The first-order valence-electron chi connectivity index (χ1n) is 12.1. The fraction of sp³-hybridized carbons (Fsp3) is 0.219. The smallest absolute Gasteiger partial charge is 0.207 e. The van der Waals surface area contributed by atoms with Crippen molar-refractivity contribution in [3.63, 3.8) is 0 Å². The summed E-state index contributed by atoms with van der Waals surface area (Å²) in [6.07, 6.45) is 2.54. The van der Waals surface area contributed by atoms with Crippen LogP contribution in [0, 0.1) is 0 Å². The number of nitrogens with one attached hydrogen (secondary N) is 2. The summed E-state index contributed by atoms with van der Waals surface area (Å²) in [5.41, 5.74) is 4.62. The molecule has 0 bridgehead atoms. The molecule has 0 saturated heterocycles. The predicted octanol–water partition coefficient (Wildman–Crippen LogP) is 6.68. The minimum Gasteiger partial charge on any atom is -0.349 e. The van der Waals surface area contributed by atoms with Gasteiger partial charge >= 0.3 is 0 Å². The second-order valence-electron chi connectivity index (χ2n) is 9.23. The van der Waals surface area contributed by atoms with Crippen molar-refractivity contribution in [3.05, 3.63) is 144 Å². The van der Waals surface area contributed by atoms with E-state index in [4.69, 9.17) is 0 Å². The Morgan fingerprint density at radius 3 is 1.28 bits per heavy atom. The molecule has 0 aliphatic rings. The van der Waals surface area contributed by atoms with Crippen LogP contribution in [0.25, 0.3) is 0 Å². The van der Waals surface area contributed by atoms with Gasteiger partial charge < -0.3 is 10.6 Å². The highest BCUT2D eigenvalue weighted by Crippen LogP contribution is 2.25. The summed E-state index contributed by atoms with van der Waals surface area (Å²) in [6.45, 7) is 4.29. The van der Waals surface area contributed by atoms with E-state index >= 15 is 0 Å². The third-order valence-corrected chi connectivity index (χ3v) is 6.55. The highest BCUT2D eigenvalue weighted by Gasteiger charge is 2.26. The average molecular weight is 501 g/mol. The molecule has 0 aliphatic carbocycles. The molecule has 0 radical (unpaired) electrons. The van der Waals surface area contributed by atoms with Crippen LogP contribution in [0.15, 0.2) is 121 Å². The molecule has 0 saturated carbocycles. The van der Waals surface area contributed by atoms with Crippen molar-refractivity contribution < 1.29 is 4.79 Å². The zero-order valence-corrected chi connectivity index (χ0v) is 22.2. The largest absolute Gasteiger partial charge is 0.349 e. The Bertz CT molecular complexity index is 1140. The van der Waals surface area contributed by atoms with Gasteiger partial charge in [-0.25, -0.2) is 0 Å². The number of benzene rings is 4. The van der Waals surface area contributed by atoms with Gasteiger partial charge in [0, 0.05) is 5.54 Å². The molecule has 2 unspecified atom stereocenters. The molecule has 4 rings (SSSR count). The van der Waals surface area contributed by atoms with Crippen molar-refractivity contribution in [2.75, 3.05) is 7.05 Å². The van der Waals surface area contributed by atoms with E-state index in [2.05, 4.69) is 90.4 Å². The van der Waals surface area contributed by atoms with Crippen LogP contribution in [0.2, 0.25) is 0 Å². The van der Waals surface area contributed by atoms with Crippen molar-refractivity contribution in [1.29, 1.82) is 0 Å². The number of likely N-dealkylation sites (N-methyl/N-ethyl adjacent to an activating group) is 1. The SMILES string of the molecule is CC(Cc1ccccc1)(NC=O)c1ccccc1.CNC(C)(Cc1ccccc1)c1ccccc1.Cl. The Labute approximate surface area is 222 Å². The Morgan fingerprint density at radius 2 is 0.917 bits per heavy atom. The van der Waals surface area contributed by atoms with Crippen molar-refractivity contribution in [1.82, 2.24) is 10.6 Å². The lowest BCUT2D eigenvalue weighted by Gasteiger charge is -2.30. The van der Waals surface area contributed by atoms with Crippen molar-refractivity contribution in [2.45, 2.75) is 37.8 Å². The number of carbonyl (C=O) groups is 1. The topological polar surface area (TPSA) is 41.1 Å². The number of amides is 1. The minimum atomic E-state index is -0.371. The first-order chi connectivity index (χ1) is 17.0. The average Bonchev–Trinajstić information content (AvgIpc) is 2.91. The van der Waals surface area contributed by atoms with Crippen LogP contribution in [0.4, 0.5) is 0 Å². The van der Waals surface area contributed by atoms with Crippen molar-refractivity contribution in [2.24, 2.45) is 0 Å². The van der Waals surface area contributed by atoms with Crippen molar-refractivity contribution in [3.8, 4) is 0 Å². The van der Waals surface area contributed by atoms with Crippen molar-refractivity contribution >= 4 is 18.8 Å². The van der Waals surface area contributed by atoms with Gasteiger partial charge in [-0.15, -0.1) is 12.4 Å². The second kappa shape index (κ2) is 14.2. The monoisotopic (exact) mass is 500 g/mol. The van der Waals surface area contributed by atoms with Gasteiger partial charge in [0.25, 0.3) is 0 Å². The van der Waals surface area contributed by atoms with Gasteiger partial charge in [0.1, 0.15) is 0 Å². The fourth-order valence-corrected chi connectivity index (χ4v) is 4.32. The minimum absolute atomic E-state index is 0. The quantitative estimate of drug-likeness (QED) is 0.252. The molecule has 1 amide bonds. The summed E-state index contributed by atoms with van der Waals surface area (Å²) < 4.78 is 0. The van der Waals surface area contributed by atoms with Gasteiger partial charge in [0.15, 0.2) is 0 Å². The molecule has 0 fully saturated rings. The number of hydrogen-bond acceptors (Lipinski definition) is 2. The van der Waals surface area contributed by atoms with Crippen LogP contribution < -0.4 is 10.6 Å². The molecule has 0 aliphatic heterocycles. The number of hydrogen-bond donors (Lipinski definition) is 2. The summed E-state index contributed by atoms with van der Waals surface area (Å²) in [5, 5.41) is 6.39. The first-order valence-corrected chi connectivity index (χ1v) is 12.1. The first kappa shape index (κ1) is 28.8. The van der Waals surface area contributed by atoms with E-state index in [0.29, 0.717) is 0 Å². The van der Waals surface area contributed by atoms with Gasteiger partial charge in [-0.3, -0.25) is 4.79 Å². The highest BCUT2D eigenvalue weighted by molar-refractivity contribution is 5.85. The Kier molecular flexibility index (Phi) is 11.4. The van der Waals surface area contributed by atoms with E-state index < -0.39 is 0 Å². The summed E-state index contributed by atoms with van der Waals surface area (Å²) in [4.78, 5) is 10.9. The molecule has 4 aromatic carbocycles. The van der Waals surface area contributed by atoms with Crippen LogP contribution in [0.3, 0.4) is 0 Å². The lowest BCUT2D eigenvalue weighted by Crippen LogP contribution is -2.40. The molecule has 2 atom stereocenters. The molecule has 0 spiro atoms. The zero-order chi connectivity index (χ0) is 25.0. The van der Waals surface area contributed by atoms with E-state index in [-0.39, 0.29) is 23.5 Å². The molecule has 3 nitrogen and oxygen atoms in total. The molecule has 2 N–H and O–H groups in total. The second-order valence-corrected chi connectivity index (χ2v) is 9.23. The van der Waals surface area contributed by atoms with Crippen LogP contribution in [0.1, 0.15) is 36.1 Å². The Hall–Kier alpha value is -3.40. The molecule has 4 heteroatoms. The molecule has 0 heterocycles. The van der Waals surface area contributed by atoms with E-state index in [0.717, 1.165) is 24.8 Å². The van der Waals surface area contributed by atoms with Gasteiger partial charge in [-0.1, -0.05) is 121 Å². The van der Waals surface area contributed by atoms with Gasteiger partial charge in [0.2, 0.25) is 6.41 Å². The summed E-state index contributed by atoms with van der Waals surface area (Å²) >= 11 is 0. The van der Waals surface area contributed by atoms with Crippen LogP contribution in [-0.2, 0) is 28.7 Å². The zero-order valence-electron chi connectivity index (χ0n) is 21.4. The molecule has 188 valence electrons. The van der Waals surface area contributed by atoms with Crippen LogP contribution in [-0.4, -0.2) is 13.5 Å². The highest BCUT2D eigenvalue weighted by atomic mass is 35.5. The molecule has 0 aromatic heterocycles. The van der Waals surface area contributed by atoms with Crippen LogP contribution in [0.5, 0.6) is 0 Å². The van der Waals surface area contributed by atoms with Gasteiger partial charge in [0.05, 0.1) is 5.54 Å². The normalized spacial score (nSPS) is 13.5. The maximum atomic E-state index is 10.9.